The smallest absolute Gasteiger partial charge is 0.257 e. The number of aromatic nitrogens is 2. The molecule has 2 aromatic heterocycles. The molecule has 0 aromatic carbocycles. The summed E-state index contributed by atoms with van der Waals surface area (Å²) < 4.78 is 5.43. The summed E-state index contributed by atoms with van der Waals surface area (Å²) in [6, 6.07) is 1.81. The van der Waals surface area contributed by atoms with Crippen molar-refractivity contribution >= 4 is 5.91 Å². The Morgan fingerprint density at radius 2 is 2.21 bits per heavy atom. The minimum atomic E-state index is 0.0345. The summed E-state index contributed by atoms with van der Waals surface area (Å²) in [7, 11) is 0. The summed E-state index contributed by atoms with van der Waals surface area (Å²) in [5.41, 5.74) is 2.80. The lowest BCUT2D eigenvalue weighted by molar-refractivity contribution is 0.0730. The second kappa shape index (κ2) is 4.26. The average Bonchev–Trinajstić information content (AvgIpc) is 2.88. The van der Waals surface area contributed by atoms with Crippen molar-refractivity contribution in [3.8, 4) is 0 Å². The van der Waals surface area contributed by atoms with Gasteiger partial charge < -0.3 is 14.3 Å². The summed E-state index contributed by atoms with van der Waals surface area (Å²) in [6.07, 6.45) is 0.807. The summed E-state index contributed by atoms with van der Waals surface area (Å²) in [6.45, 7) is 6.93. The van der Waals surface area contributed by atoms with Crippen LogP contribution in [-0.2, 0) is 13.0 Å². The maximum absolute atomic E-state index is 12.5. The summed E-state index contributed by atoms with van der Waals surface area (Å²) in [5, 5.41) is 0. The number of amides is 1. The quantitative estimate of drug-likeness (QED) is 0.853. The Bertz CT molecular complexity index is 639. The van der Waals surface area contributed by atoms with Crippen molar-refractivity contribution in [1.29, 1.82) is 0 Å². The van der Waals surface area contributed by atoms with Crippen LogP contribution in [0, 0.1) is 20.8 Å². The van der Waals surface area contributed by atoms with E-state index in [4.69, 9.17) is 4.42 Å². The van der Waals surface area contributed by atoms with Gasteiger partial charge in [-0.25, -0.2) is 4.98 Å². The zero-order valence-electron chi connectivity index (χ0n) is 11.4. The highest BCUT2D eigenvalue weighted by molar-refractivity contribution is 5.95. The molecule has 3 rings (SSSR count). The largest absolute Gasteiger partial charge is 0.466 e. The third-order valence-electron chi connectivity index (χ3n) is 3.51. The molecule has 0 fully saturated rings. The van der Waals surface area contributed by atoms with Crippen LogP contribution in [0.25, 0.3) is 0 Å². The zero-order valence-corrected chi connectivity index (χ0v) is 11.4. The van der Waals surface area contributed by atoms with E-state index in [0.717, 1.165) is 29.4 Å². The Hall–Kier alpha value is -2.04. The Morgan fingerprint density at radius 3 is 2.89 bits per heavy atom. The number of imidazole rings is 1. The minimum Gasteiger partial charge on any atom is -0.466 e. The number of aryl methyl sites for hydroxylation is 3. The van der Waals surface area contributed by atoms with E-state index in [1.807, 2.05) is 31.7 Å². The third-order valence-corrected chi connectivity index (χ3v) is 3.51. The van der Waals surface area contributed by atoms with Crippen LogP contribution >= 0.6 is 0 Å². The van der Waals surface area contributed by atoms with Crippen LogP contribution < -0.4 is 0 Å². The van der Waals surface area contributed by atoms with Crippen LogP contribution in [0.2, 0.25) is 0 Å². The van der Waals surface area contributed by atoms with E-state index in [-0.39, 0.29) is 5.91 Å². The van der Waals surface area contributed by atoms with Gasteiger partial charge in [-0.2, -0.15) is 0 Å². The second-order valence-corrected chi connectivity index (χ2v) is 5.05. The fourth-order valence-corrected chi connectivity index (χ4v) is 2.62. The highest BCUT2D eigenvalue weighted by Crippen LogP contribution is 2.21. The number of carbonyl (C=O) groups is 1. The first kappa shape index (κ1) is 12.0. The van der Waals surface area contributed by atoms with Crippen molar-refractivity contribution in [3.63, 3.8) is 0 Å². The number of aromatic amines is 1. The molecule has 0 saturated heterocycles. The molecular weight excluding hydrogens is 242 g/mol. The van der Waals surface area contributed by atoms with Crippen molar-refractivity contribution in [3.05, 3.63) is 40.4 Å². The SMILES string of the molecule is Cc1nc2c([nH]1)CN(C(=O)c1cc(C)oc1C)CC2. The van der Waals surface area contributed by atoms with Gasteiger partial charge in [0.15, 0.2) is 0 Å². The number of H-pyrrole nitrogens is 1. The van der Waals surface area contributed by atoms with Crippen LogP contribution in [0.4, 0.5) is 0 Å². The topological polar surface area (TPSA) is 62.1 Å². The molecule has 3 heterocycles. The lowest BCUT2D eigenvalue weighted by Gasteiger charge is -2.26. The fourth-order valence-electron chi connectivity index (χ4n) is 2.62. The number of hydrogen-bond acceptors (Lipinski definition) is 3. The molecule has 0 radical (unpaired) electrons. The van der Waals surface area contributed by atoms with Crippen molar-refractivity contribution in [2.24, 2.45) is 0 Å². The normalized spacial score (nSPS) is 14.6. The molecule has 5 heteroatoms. The number of nitrogens with zero attached hydrogens (tertiary/aromatic N) is 2. The van der Waals surface area contributed by atoms with Gasteiger partial charge >= 0.3 is 0 Å². The molecule has 0 unspecified atom stereocenters. The number of carbonyl (C=O) groups excluding carboxylic acids is 1. The van der Waals surface area contributed by atoms with Crippen LogP contribution in [0.15, 0.2) is 10.5 Å². The van der Waals surface area contributed by atoms with E-state index in [1.165, 1.54) is 0 Å². The van der Waals surface area contributed by atoms with Gasteiger partial charge in [0.2, 0.25) is 0 Å². The molecule has 1 aliphatic heterocycles. The second-order valence-electron chi connectivity index (χ2n) is 5.05. The molecule has 0 saturated carbocycles. The fraction of sp³-hybridized carbons (Fsp3) is 0.429. The summed E-state index contributed by atoms with van der Waals surface area (Å²) >= 11 is 0. The predicted octanol–water partition coefficient (Wildman–Crippen LogP) is 2.13. The van der Waals surface area contributed by atoms with E-state index < -0.39 is 0 Å². The number of rotatable bonds is 1. The Balaban J connectivity index is 1.85. The standard InChI is InChI=1S/C14H17N3O2/c1-8-6-11(9(2)19-8)14(18)17-5-4-12-13(7-17)16-10(3)15-12/h6H,4-5,7H2,1-3H3,(H,15,16). The minimum absolute atomic E-state index is 0.0345. The highest BCUT2D eigenvalue weighted by Gasteiger charge is 2.26. The molecule has 1 N–H and O–H groups in total. The van der Waals surface area contributed by atoms with Crippen molar-refractivity contribution < 1.29 is 9.21 Å². The Kier molecular flexibility index (Phi) is 2.69. The molecule has 5 nitrogen and oxygen atoms in total. The molecular formula is C14H17N3O2. The van der Waals surface area contributed by atoms with Crippen LogP contribution in [0.5, 0.6) is 0 Å². The van der Waals surface area contributed by atoms with Gasteiger partial charge in [0.1, 0.15) is 17.3 Å². The van der Waals surface area contributed by atoms with Gasteiger partial charge in [0.05, 0.1) is 23.5 Å². The summed E-state index contributed by atoms with van der Waals surface area (Å²) in [5.74, 6) is 2.41. The predicted molar refractivity (Wildman–Crippen MR) is 70.0 cm³/mol. The van der Waals surface area contributed by atoms with E-state index in [0.29, 0.717) is 24.4 Å². The molecule has 0 atom stereocenters. The molecule has 1 aliphatic rings. The molecule has 2 aromatic rings. The number of nitrogens with one attached hydrogen (secondary N) is 1. The molecule has 19 heavy (non-hydrogen) atoms. The molecule has 1 amide bonds. The van der Waals surface area contributed by atoms with Crippen molar-refractivity contribution in [2.75, 3.05) is 6.54 Å². The van der Waals surface area contributed by atoms with Crippen molar-refractivity contribution in [1.82, 2.24) is 14.9 Å². The Labute approximate surface area is 111 Å². The van der Waals surface area contributed by atoms with E-state index in [1.54, 1.807) is 0 Å². The summed E-state index contributed by atoms with van der Waals surface area (Å²) in [4.78, 5) is 22.0. The van der Waals surface area contributed by atoms with E-state index in [9.17, 15) is 4.79 Å². The Morgan fingerprint density at radius 1 is 1.42 bits per heavy atom. The lowest BCUT2D eigenvalue weighted by atomic mass is 10.1. The monoisotopic (exact) mass is 259 g/mol. The maximum Gasteiger partial charge on any atom is 0.257 e. The van der Waals surface area contributed by atoms with Gasteiger partial charge in [0, 0.05) is 13.0 Å². The zero-order chi connectivity index (χ0) is 13.6. The van der Waals surface area contributed by atoms with Crippen molar-refractivity contribution in [2.45, 2.75) is 33.7 Å². The van der Waals surface area contributed by atoms with Gasteiger partial charge in [0.25, 0.3) is 5.91 Å². The van der Waals surface area contributed by atoms with Gasteiger partial charge in [-0.05, 0) is 26.8 Å². The van der Waals surface area contributed by atoms with Crippen LogP contribution in [0.1, 0.15) is 39.1 Å². The first-order chi connectivity index (χ1) is 9.04. The van der Waals surface area contributed by atoms with Gasteiger partial charge in [-0.3, -0.25) is 4.79 Å². The molecule has 100 valence electrons. The number of furan rings is 1. The maximum atomic E-state index is 12.5. The van der Waals surface area contributed by atoms with E-state index >= 15 is 0 Å². The molecule has 0 aliphatic carbocycles. The van der Waals surface area contributed by atoms with Gasteiger partial charge in [-0.15, -0.1) is 0 Å². The number of fused-ring (bicyclic) bond motifs is 1. The third kappa shape index (κ3) is 2.05. The van der Waals surface area contributed by atoms with Crippen LogP contribution in [0.3, 0.4) is 0 Å². The number of hydrogen-bond donors (Lipinski definition) is 1. The molecule has 0 bridgehead atoms. The molecule has 0 spiro atoms. The first-order valence-electron chi connectivity index (χ1n) is 6.45. The van der Waals surface area contributed by atoms with Crippen LogP contribution in [-0.4, -0.2) is 27.3 Å². The lowest BCUT2D eigenvalue weighted by Crippen LogP contribution is -2.36. The van der Waals surface area contributed by atoms with E-state index in [2.05, 4.69) is 9.97 Å². The van der Waals surface area contributed by atoms with Gasteiger partial charge in [-0.1, -0.05) is 0 Å². The highest BCUT2D eigenvalue weighted by atomic mass is 16.3. The average molecular weight is 259 g/mol. The first-order valence-corrected chi connectivity index (χ1v) is 6.45.